The van der Waals surface area contributed by atoms with Crippen LogP contribution >= 0.6 is 15.9 Å². The van der Waals surface area contributed by atoms with E-state index in [2.05, 4.69) is 20.9 Å². The molecule has 0 amide bonds. The Bertz CT molecular complexity index is 396. The van der Waals surface area contributed by atoms with Crippen molar-refractivity contribution in [3.63, 3.8) is 0 Å². The molecule has 0 aliphatic rings. The molecule has 0 unspecified atom stereocenters. The van der Waals surface area contributed by atoms with E-state index in [9.17, 15) is 0 Å². The summed E-state index contributed by atoms with van der Waals surface area (Å²) in [6, 6.07) is 3.70. The number of rotatable bonds is 0. The highest BCUT2D eigenvalue weighted by molar-refractivity contribution is 9.10. The van der Waals surface area contributed by atoms with E-state index in [4.69, 9.17) is 5.11 Å². The number of fused-ring (bicyclic) bond motifs is 1. The second-order valence-corrected chi connectivity index (χ2v) is 3.13. The molecule has 11 heavy (non-hydrogen) atoms. The molecule has 0 radical (unpaired) electrons. The average Bonchev–Trinajstić information content (AvgIpc) is 2.27. The van der Waals surface area contributed by atoms with Crippen LogP contribution in [0.3, 0.4) is 0 Å². The molecule has 2 aromatic rings. The van der Waals surface area contributed by atoms with E-state index in [0.29, 0.717) is 0 Å². The lowest BCUT2D eigenvalue weighted by Gasteiger charge is -1.91. The van der Waals surface area contributed by atoms with Crippen LogP contribution in [0.1, 0.15) is 0 Å². The van der Waals surface area contributed by atoms with Crippen LogP contribution in [0.15, 0.2) is 29.0 Å². The fourth-order valence-electron chi connectivity index (χ4n) is 0.951. The van der Waals surface area contributed by atoms with Crippen molar-refractivity contribution in [2.75, 3.05) is 0 Å². The fourth-order valence-corrected chi connectivity index (χ4v) is 1.30. The highest BCUT2D eigenvalue weighted by Crippen LogP contribution is 2.14. The van der Waals surface area contributed by atoms with Gasteiger partial charge in [0, 0.05) is 10.7 Å². The molecule has 0 spiro atoms. The molecular formula is C7H5BrN2O. The molecule has 2 rings (SSSR count). The molecule has 0 aliphatic carbocycles. The summed E-state index contributed by atoms with van der Waals surface area (Å²) in [5, 5.41) is 9.00. The largest absolute Gasteiger partial charge is 0.492 e. The van der Waals surface area contributed by atoms with Crippen molar-refractivity contribution in [2.45, 2.75) is 0 Å². The molecule has 0 fully saturated rings. The summed E-state index contributed by atoms with van der Waals surface area (Å²) in [4.78, 5) is 3.85. The van der Waals surface area contributed by atoms with Crippen LogP contribution in [-0.4, -0.2) is 14.5 Å². The van der Waals surface area contributed by atoms with Gasteiger partial charge in [-0.2, -0.15) is 4.98 Å². The van der Waals surface area contributed by atoms with Crippen LogP contribution in [0.5, 0.6) is 5.88 Å². The summed E-state index contributed by atoms with van der Waals surface area (Å²) in [5.41, 5.74) is 0.741. The van der Waals surface area contributed by atoms with Gasteiger partial charge in [0.2, 0.25) is 5.88 Å². The Morgan fingerprint density at radius 1 is 1.36 bits per heavy atom. The predicted octanol–water partition coefficient (Wildman–Crippen LogP) is 1.80. The Kier molecular flexibility index (Phi) is 1.35. The standard InChI is InChI=1S/C7H5BrN2O/c8-5-1-2-6-9-7(11)4-10(6)3-5/h1-4,11H. The van der Waals surface area contributed by atoms with Crippen LogP contribution in [0, 0.1) is 0 Å². The van der Waals surface area contributed by atoms with Crippen molar-refractivity contribution in [3.05, 3.63) is 29.0 Å². The molecule has 0 aliphatic heterocycles. The van der Waals surface area contributed by atoms with Gasteiger partial charge in [-0.05, 0) is 28.1 Å². The molecule has 0 aromatic carbocycles. The van der Waals surface area contributed by atoms with Crippen molar-refractivity contribution in [1.29, 1.82) is 0 Å². The fraction of sp³-hybridized carbons (Fsp3) is 0. The maximum Gasteiger partial charge on any atom is 0.230 e. The van der Waals surface area contributed by atoms with Crippen LogP contribution < -0.4 is 0 Å². The quantitative estimate of drug-likeness (QED) is 0.724. The SMILES string of the molecule is Oc1cn2cc(Br)ccc2n1. The number of halogens is 1. The minimum atomic E-state index is 0.0445. The Balaban J connectivity index is 2.82. The zero-order valence-electron chi connectivity index (χ0n) is 5.53. The van der Waals surface area contributed by atoms with Crippen molar-refractivity contribution in [3.8, 4) is 5.88 Å². The molecule has 0 atom stereocenters. The number of hydrogen-bond donors (Lipinski definition) is 1. The van der Waals surface area contributed by atoms with Gasteiger partial charge in [0.25, 0.3) is 0 Å². The topological polar surface area (TPSA) is 37.5 Å². The highest BCUT2D eigenvalue weighted by atomic mass is 79.9. The Hall–Kier alpha value is -1.03. The lowest BCUT2D eigenvalue weighted by atomic mass is 10.5. The first-order chi connectivity index (χ1) is 5.25. The van der Waals surface area contributed by atoms with Crippen molar-refractivity contribution in [2.24, 2.45) is 0 Å². The molecule has 0 saturated carbocycles. The highest BCUT2D eigenvalue weighted by Gasteiger charge is 1.97. The van der Waals surface area contributed by atoms with Crippen LogP contribution in [-0.2, 0) is 0 Å². The van der Waals surface area contributed by atoms with E-state index < -0.39 is 0 Å². The van der Waals surface area contributed by atoms with Crippen molar-refractivity contribution in [1.82, 2.24) is 9.38 Å². The average molecular weight is 213 g/mol. The molecule has 4 heteroatoms. The summed E-state index contributed by atoms with van der Waals surface area (Å²) in [7, 11) is 0. The Morgan fingerprint density at radius 2 is 2.18 bits per heavy atom. The normalized spacial score (nSPS) is 10.6. The Morgan fingerprint density at radius 3 is 3.00 bits per heavy atom. The van der Waals surface area contributed by atoms with Gasteiger partial charge in [0.05, 0.1) is 6.20 Å². The number of aromatic nitrogens is 2. The third-order valence-electron chi connectivity index (χ3n) is 1.40. The van der Waals surface area contributed by atoms with Crippen LogP contribution in [0.2, 0.25) is 0 Å². The molecule has 0 saturated heterocycles. The number of pyridine rings is 1. The molecule has 56 valence electrons. The number of hydrogen-bond acceptors (Lipinski definition) is 2. The zero-order chi connectivity index (χ0) is 7.84. The molecular weight excluding hydrogens is 208 g/mol. The summed E-state index contributed by atoms with van der Waals surface area (Å²) < 4.78 is 2.71. The summed E-state index contributed by atoms with van der Waals surface area (Å²) in [6.45, 7) is 0. The zero-order valence-corrected chi connectivity index (χ0v) is 7.12. The van der Waals surface area contributed by atoms with Gasteiger partial charge in [0.15, 0.2) is 0 Å². The molecule has 0 bridgehead atoms. The third kappa shape index (κ3) is 1.09. The van der Waals surface area contributed by atoms with Crippen molar-refractivity contribution >= 4 is 21.6 Å². The van der Waals surface area contributed by atoms with E-state index in [1.165, 1.54) is 0 Å². The van der Waals surface area contributed by atoms with Gasteiger partial charge in [-0.1, -0.05) is 0 Å². The van der Waals surface area contributed by atoms with Gasteiger partial charge in [-0.15, -0.1) is 0 Å². The first kappa shape index (κ1) is 6.67. The van der Waals surface area contributed by atoms with Gasteiger partial charge >= 0.3 is 0 Å². The first-order valence-electron chi connectivity index (χ1n) is 3.09. The second kappa shape index (κ2) is 2.23. The molecule has 1 N–H and O–H groups in total. The predicted molar refractivity (Wildman–Crippen MR) is 44.6 cm³/mol. The lowest BCUT2D eigenvalue weighted by Crippen LogP contribution is -1.80. The minimum absolute atomic E-state index is 0.0445. The minimum Gasteiger partial charge on any atom is -0.492 e. The maximum atomic E-state index is 9.00. The third-order valence-corrected chi connectivity index (χ3v) is 1.87. The Labute approximate surface area is 71.4 Å². The smallest absolute Gasteiger partial charge is 0.230 e. The van der Waals surface area contributed by atoms with E-state index >= 15 is 0 Å². The summed E-state index contributed by atoms with van der Waals surface area (Å²) in [6.07, 6.45) is 3.39. The first-order valence-corrected chi connectivity index (χ1v) is 3.88. The van der Waals surface area contributed by atoms with Gasteiger partial charge < -0.3 is 9.51 Å². The van der Waals surface area contributed by atoms with Gasteiger partial charge in [-0.3, -0.25) is 0 Å². The van der Waals surface area contributed by atoms with Crippen LogP contribution in [0.25, 0.3) is 5.65 Å². The number of nitrogens with zero attached hydrogens (tertiary/aromatic N) is 2. The van der Waals surface area contributed by atoms with E-state index in [0.717, 1.165) is 10.1 Å². The molecule has 2 aromatic heterocycles. The summed E-state index contributed by atoms with van der Waals surface area (Å²) >= 11 is 3.31. The van der Waals surface area contributed by atoms with Crippen LogP contribution in [0.4, 0.5) is 0 Å². The second-order valence-electron chi connectivity index (χ2n) is 2.21. The van der Waals surface area contributed by atoms with E-state index in [-0.39, 0.29) is 5.88 Å². The van der Waals surface area contributed by atoms with E-state index in [1.54, 1.807) is 10.6 Å². The molecule has 3 nitrogen and oxygen atoms in total. The van der Waals surface area contributed by atoms with Gasteiger partial charge in [0.1, 0.15) is 5.65 Å². The monoisotopic (exact) mass is 212 g/mol. The number of imidazole rings is 1. The van der Waals surface area contributed by atoms with E-state index in [1.807, 2.05) is 18.3 Å². The number of aromatic hydroxyl groups is 1. The maximum absolute atomic E-state index is 9.00. The van der Waals surface area contributed by atoms with Crippen molar-refractivity contribution < 1.29 is 5.11 Å². The lowest BCUT2D eigenvalue weighted by molar-refractivity contribution is 0.457. The van der Waals surface area contributed by atoms with Gasteiger partial charge in [-0.25, -0.2) is 0 Å². The summed E-state index contributed by atoms with van der Waals surface area (Å²) in [5.74, 6) is 0.0445. The molecule has 2 heterocycles.